The molecule has 1 aromatic carbocycles. The molecule has 18 heavy (non-hydrogen) atoms. The minimum Gasteiger partial charge on any atom is -0.396 e. The molecule has 1 aromatic rings. The highest BCUT2D eigenvalue weighted by atomic mass is 79.9. The topological polar surface area (TPSA) is 32.3 Å². The van der Waals surface area contributed by atoms with Gasteiger partial charge < -0.3 is 10.4 Å². The molecule has 2 nitrogen and oxygen atoms in total. The van der Waals surface area contributed by atoms with Crippen LogP contribution in [0.1, 0.15) is 37.2 Å². The van der Waals surface area contributed by atoms with Crippen LogP contribution in [0.25, 0.3) is 0 Å². The summed E-state index contributed by atoms with van der Waals surface area (Å²) < 4.78 is 1.24. The quantitative estimate of drug-likeness (QED) is 0.876. The molecule has 98 valence electrons. The molecule has 0 atom stereocenters. The lowest BCUT2D eigenvalue weighted by Gasteiger charge is -2.37. The minimum absolute atomic E-state index is 0.235. The zero-order chi connectivity index (χ0) is 12.6. The molecule has 0 spiro atoms. The van der Waals surface area contributed by atoms with Crippen LogP contribution in [0.5, 0.6) is 0 Å². The van der Waals surface area contributed by atoms with Gasteiger partial charge in [-0.25, -0.2) is 0 Å². The summed E-state index contributed by atoms with van der Waals surface area (Å²) in [6, 6.07) is 9.18. The number of nitrogens with one attached hydrogen (secondary N) is 1. The average molecular weight is 310 g/mol. The lowest BCUT2D eigenvalue weighted by Crippen LogP contribution is -2.43. The van der Waals surface area contributed by atoms with Crippen LogP contribution in [0.15, 0.2) is 28.7 Å². The van der Waals surface area contributed by atoms with Crippen molar-refractivity contribution in [1.29, 1.82) is 0 Å². The predicted octanol–water partition coefficient (Wildman–Crippen LogP) is 3.06. The van der Waals surface area contributed by atoms with Crippen LogP contribution in [0.3, 0.4) is 0 Å². The van der Waals surface area contributed by atoms with Crippen molar-refractivity contribution < 1.29 is 5.11 Å². The predicted molar refractivity (Wildman–Crippen MR) is 76.7 cm³/mol. The zero-order valence-corrected chi connectivity index (χ0v) is 12.1. The van der Waals surface area contributed by atoms with Gasteiger partial charge in [-0.1, -0.05) is 34.1 Å². The summed E-state index contributed by atoms with van der Waals surface area (Å²) in [6.45, 7) is 1.34. The van der Waals surface area contributed by atoms with E-state index in [1.165, 1.54) is 35.7 Å². The summed E-state index contributed by atoms with van der Waals surface area (Å²) in [5, 5.41) is 12.9. The number of hydrogen-bond donors (Lipinski definition) is 2. The van der Waals surface area contributed by atoms with Gasteiger partial charge in [-0.05, 0) is 43.2 Å². The second kappa shape index (κ2) is 4.95. The van der Waals surface area contributed by atoms with Gasteiger partial charge in [0.1, 0.15) is 0 Å². The van der Waals surface area contributed by atoms with Gasteiger partial charge in [0.05, 0.1) is 0 Å². The monoisotopic (exact) mass is 309 g/mol. The summed E-state index contributed by atoms with van der Waals surface area (Å²) >= 11 is 3.63. The van der Waals surface area contributed by atoms with Crippen molar-refractivity contribution in [2.45, 2.75) is 37.6 Å². The Morgan fingerprint density at radius 2 is 2.00 bits per heavy atom. The van der Waals surface area contributed by atoms with Crippen LogP contribution in [0.2, 0.25) is 0 Å². The lowest BCUT2D eigenvalue weighted by molar-refractivity contribution is 0.190. The van der Waals surface area contributed by atoms with E-state index >= 15 is 0 Å². The molecule has 0 aliphatic heterocycles. The number of hydrogen-bond acceptors (Lipinski definition) is 2. The van der Waals surface area contributed by atoms with E-state index in [1.807, 2.05) is 0 Å². The van der Waals surface area contributed by atoms with Gasteiger partial charge in [0.25, 0.3) is 0 Å². The summed E-state index contributed by atoms with van der Waals surface area (Å²) in [5.74, 6) is 0.697. The van der Waals surface area contributed by atoms with Crippen LogP contribution in [0.4, 0.5) is 0 Å². The van der Waals surface area contributed by atoms with Crippen molar-refractivity contribution in [1.82, 2.24) is 5.32 Å². The molecular formula is C15H20BrNO. The third-order valence-corrected chi connectivity index (χ3v) is 5.26. The first-order valence-electron chi connectivity index (χ1n) is 6.81. The van der Waals surface area contributed by atoms with Gasteiger partial charge in [-0.2, -0.15) is 0 Å². The van der Waals surface area contributed by atoms with Crippen molar-refractivity contribution in [3.63, 3.8) is 0 Å². The Hall–Kier alpha value is -0.380. The maximum absolute atomic E-state index is 9.28. The Morgan fingerprint density at radius 1 is 1.28 bits per heavy atom. The molecule has 0 bridgehead atoms. The van der Waals surface area contributed by atoms with E-state index in [0.29, 0.717) is 18.6 Å². The third kappa shape index (κ3) is 2.49. The fourth-order valence-electron chi connectivity index (χ4n) is 2.77. The second-order valence-corrected chi connectivity index (χ2v) is 6.78. The lowest BCUT2D eigenvalue weighted by atomic mass is 9.75. The largest absolute Gasteiger partial charge is 0.396 e. The molecule has 0 amide bonds. The molecule has 3 heteroatoms. The fraction of sp³-hybridized carbons (Fsp3) is 0.600. The van der Waals surface area contributed by atoms with Gasteiger partial charge in [-0.3, -0.25) is 0 Å². The third-order valence-electron chi connectivity index (χ3n) is 4.54. The Balaban J connectivity index is 1.47. The molecule has 0 saturated heterocycles. The van der Waals surface area contributed by atoms with Gasteiger partial charge in [-0.15, -0.1) is 0 Å². The maximum Gasteiger partial charge on any atom is 0.0499 e. The average Bonchev–Trinajstić information content (AvgIpc) is 3.10. The highest BCUT2D eigenvalue weighted by Gasteiger charge is 2.43. The SMILES string of the molecule is OCC1(CNC2CC(c3ccccc3Br)C2)CC1. The Bertz CT molecular complexity index is 424. The molecule has 0 radical (unpaired) electrons. The summed E-state index contributed by atoms with van der Waals surface area (Å²) in [6.07, 6.45) is 4.84. The zero-order valence-electron chi connectivity index (χ0n) is 10.5. The maximum atomic E-state index is 9.28. The Labute approximate surface area is 117 Å². The summed E-state index contributed by atoms with van der Waals surface area (Å²) in [7, 11) is 0. The van der Waals surface area contributed by atoms with Crippen LogP contribution in [-0.4, -0.2) is 24.3 Å². The molecular weight excluding hydrogens is 290 g/mol. The molecule has 0 unspecified atom stereocenters. The molecule has 2 saturated carbocycles. The van der Waals surface area contributed by atoms with E-state index in [2.05, 4.69) is 45.5 Å². The van der Waals surface area contributed by atoms with E-state index in [4.69, 9.17) is 0 Å². The Kier molecular flexibility index (Phi) is 3.48. The number of halogens is 1. The summed E-state index contributed by atoms with van der Waals surface area (Å²) in [4.78, 5) is 0. The second-order valence-electron chi connectivity index (χ2n) is 5.93. The van der Waals surface area contributed by atoms with E-state index in [9.17, 15) is 5.11 Å². The first kappa shape index (κ1) is 12.6. The van der Waals surface area contributed by atoms with Gasteiger partial charge in [0.2, 0.25) is 0 Å². The van der Waals surface area contributed by atoms with Crippen molar-refractivity contribution in [2.75, 3.05) is 13.2 Å². The van der Waals surface area contributed by atoms with Crippen molar-refractivity contribution in [3.05, 3.63) is 34.3 Å². The molecule has 2 aliphatic carbocycles. The number of benzene rings is 1. The van der Waals surface area contributed by atoms with Crippen LogP contribution in [-0.2, 0) is 0 Å². The normalized spacial score (nSPS) is 28.8. The first-order chi connectivity index (χ1) is 8.72. The Morgan fingerprint density at radius 3 is 2.61 bits per heavy atom. The van der Waals surface area contributed by atoms with E-state index in [-0.39, 0.29) is 5.41 Å². The van der Waals surface area contributed by atoms with Crippen LogP contribution < -0.4 is 5.32 Å². The van der Waals surface area contributed by atoms with E-state index < -0.39 is 0 Å². The molecule has 0 aromatic heterocycles. The van der Waals surface area contributed by atoms with Gasteiger partial charge in [0.15, 0.2) is 0 Å². The highest BCUT2D eigenvalue weighted by molar-refractivity contribution is 9.10. The summed E-state index contributed by atoms with van der Waals surface area (Å²) in [5.41, 5.74) is 1.68. The number of aliphatic hydroxyl groups is 1. The number of rotatable bonds is 5. The molecule has 2 N–H and O–H groups in total. The highest BCUT2D eigenvalue weighted by Crippen LogP contribution is 2.45. The minimum atomic E-state index is 0.235. The molecule has 2 aliphatic rings. The smallest absolute Gasteiger partial charge is 0.0499 e. The van der Waals surface area contributed by atoms with Gasteiger partial charge in [0, 0.05) is 29.1 Å². The van der Waals surface area contributed by atoms with Gasteiger partial charge >= 0.3 is 0 Å². The molecule has 0 heterocycles. The van der Waals surface area contributed by atoms with E-state index in [1.54, 1.807) is 0 Å². The van der Waals surface area contributed by atoms with E-state index in [0.717, 1.165) is 6.54 Å². The molecule has 3 rings (SSSR count). The van der Waals surface area contributed by atoms with Crippen molar-refractivity contribution in [2.24, 2.45) is 5.41 Å². The fourth-order valence-corrected chi connectivity index (χ4v) is 3.38. The van der Waals surface area contributed by atoms with Crippen molar-refractivity contribution >= 4 is 15.9 Å². The van der Waals surface area contributed by atoms with Crippen LogP contribution >= 0.6 is 15.9 Å². The first-order valence-corrected chi connectivity index (χ1v) is 7.60. The molecule has 2 fully saturated rings. The van der Waals surface area contributed by atoms with Crippen molar-refractivity contribution in [3.8, 4) is 0 Å². The van der Waals surface area contributed by atoms with Crippen LogP contribution in [0, 0.1) is 5.41 Å². The number of aliphatic hydroxyl groups excluding tert-OH is 1. The standard InChI is InChI=1S/C15H20BrNO/c16-14-4-2-1-3-13(14)11-7-12(8-11)17-9-15(10-18)5-6-15/h1-4,11-12,17-18H,5-10H2.